The second-order valence-electron chi connectivity index (χ2n) is 0.576. The molecule has 4 heteroatoms. The van der Waals surface area contributed by atoms with Crippen molar-refractivity contribution >= 4 is 6.22 Å². The number of hydrogen-bond donors (Lipinski definition) is 1. The summed E-state index contributed by atoms with van der Waals surface area (Å²) in [7, 11) is 1.30. The molecule has 0 aliphatic carbocycles. The molecule has 0 aliphatic heterocycles. The predicted molar refractivity (Wildman–Crippen MR) is 18.7 cm³/mol. The Morgan fingerprint density at radius 3 is 2.17 bits per heavy atom. The minimum Gasteiger partial charge on any atom is -0.308 e. The summed E-state index contributed by atoms with van der Waals surface area (Å²) in [6.45, 7) is 0. The molecule has 0 aromatic rings. The van der Waals surface area contributed by atoms with Crippen molar-refractivity contribution in [2.45, 2.75) is 0 Å². The SMILES string of the molecule is CNN=C(F)F. The van der Waals surface area contributed by atoms with Gasteiger partial charge in [-0.3, -0.25) is 0 Å². The van der Waals surface area contributed by atoms with E-state index >= 15 is 0 Å². The average molecular weight is 94.1 g/mol. The van der Waals surface area contributed by atoms with Crippen molar-refractivity contribution in [3.8, 4) is 0 Å². The van der Waals surface area contributed by atoms with Crippen molar-refractivity contribution in [1.82, 2.24) is 5.43 Å². The maximum atomic E-state index is 10.7. The lowest BCUT2D eigenvalue weighted by Crippen LogP contribution is -1.94. The second kappa shape index (κ2) is 2.56. The summed E-state index contributed by atoms with van der Waals surface area (Å²) in [5.41, 5.74) is 1.91. The van der Waals surface area contributed by atoms with Crippen molar-refractivity contribution in [3.05, 3.63) is 0 Å². The van der Waals surface area contributed by atoms with Crippen molar-refractivity contribution in [2.24, 2.45) is 5.10 Å². The van der Waals surface area contributed by atoms with Gasteiger partial charge in [-0.15, -0.1) is 13.9 Å². The van der Waals surface area contributed by atoms with Crippen molar-refractivity contribution in [2.75, 3.05) is 7.05 Å². The lowest BCUT2D eigenvalue weighted by molar-refractivity contribution is 0.594. The highest BCUT2D eigenvalue weighted by molar-refractivity contribution is 5.62. The molecule has 6 heavy (non-hydrogen) atoms. The smallest absolute Gasteiger partial charge is 0.308 e. The third-order valence-corrected chi connectivity index (χ3v) is 0.196. The molecule has 1 N–H and O–H groups in total. The van der Waals surface area contributed by atoms with E-state index < -0.39 is 6.22 Å². The molecule has 0 spiro atoms. The minimum atomic E-state index is -1.95. The second-order valence-corrected chi connectivity index (χ2v) is 0.576. The topological polar surface area (TPSA) is 24.4 Å². The highest BCUT2D eigenvalue weighted by Gasteiger charge is 1.80. The fourth-order valence-corrected chi connectivity index (χ4v) is 0.0845. The van der Waals surface area contributed by atoms with Gasteiger partial charge in [-0.1, -0.05) is 0 Å². The first-order chi connectivity index (χ1) is 2.77. The Balaban J connectivity index is 3.14. The zero-order chi connectivity index (χ0) is 4.99. The fourth-order valence-electron chi connectivity index (χ4n) is 0.0845. The molecule has 2 nitrogen and oxygen atoms in total. The van der Waals surface area contributed by atoms with Gasteiger partial charge >= 0.3 is 6.22 Å². The predicted octanol–water partition coefficient (Wildman–Crippen LogP) is 0.416. The summed E-state index contributed by atoms with van der Waals surface area (Å²) in [6, 6.07) is 0. The van der Waals surface area contributed by atoms with Crippen molar-refractivity contribution < 1.29 is 8.78 Å². The normalized spacial score (nSPS) is 7.17. The molecule has 0 saturated heterocycles. The van der Waals surface area contributed by atoms with Crippen LogP contribution in [0.4, 0.5) is 8.78 Å². The largest absolute Gasteiger partial charge is 0.381 e. The van der Waals surface area contributed by atoms with Gasteiger partial charge in [-0.2, -0.15) is 0 Å². The Morgan fingerprint density at radius 2 is 2.17 bits per heavy atom. The fraction of sp³-hybridized carbons (Fsp3) is 0.500. The molecule has 0 amide bonds. The number of nitrogens with zero attached hydrogens (tertiary/aromatic N) is 1. The number of nitrogens with one attached hydrogen (secondary N) is 1. The van der Waals surface area contributed by atoms with Gasteiger partial charge in [-0.05, 0) is 0 Å². The first-order valence-electron chi connectivity index (χ1n) is 1.33. The lowest BCUT2D eigenvalue weighted by atomic mass is 11.4. The summed E-state index contributed by atoms with van der Waals surface area (Å²) < 4.78 is 21.4. The third kappa shape index (κ3) is 3.33. The Hall–Kier alpha value is -0.670. The molecule has 0 fully saturated rings. The molecule has 0 aliphatic rings. The highest BCUT2D eigenvalue weighted by atomic mass is 19.3. The number of hydrazone groups is 1. The maximum Gasteiger partial charge on any atom is 0.381 e. The molecule has 0 unspecified atom stereocenters. The van der Waals surface area contributed by atoms with Crippen LogP contribution in [0.15, 0.2) is 5.10 Å². The zero-order valence-electron chi connectivity index (χ0n) is 3.20. The van der Waals surface area contributed by atoms with Gasteiger partial charge in [0.15, 0.2) is 0 Å². The Morgan fingerprint density at radius 1 is 1.67 bits per heavy atom. The highest BCUT2D eigenvalue weighted by Crippen LogP contribution is 1.73. The van der Waals surface area contributed by atoms with Crippen molar-refractivity contribution in [3.63, 3.8) is 0 Å². The van der Waals surface area contributed by atoms with E-state index in [4.69, 9.17) is 0 Å². The Kier molecular flexibility index (Phi) is 2.27. The molecular formula is C2H4F2N2. The molecule has 36 valence electrons. The molecule has 0 radical (unpaired) electrons. The molecule has 0 bridgehead atoms. The van der Waals surface area contributed by atoms with Crippen LogP contribution >= 0.6 is 0 Å². The number of rotatable bonds is 1. The summed E-state index contributed by atoms with van der Waals surface area (Å²) in [5.74, 6) is 0. The molecule has 0 atom stereocenters. The maximum absolute atomic E-state index is 10.7. The molecular weight excluding hydrogens is 90.0 g/mol. The van der Waals surface area contributed by atoms with Gasteiger partial charge in [0.2, 0.25) is 0 Å². The van der Waals surface area contributed by atoms with Gasteiger partial charge in [0, 0.05) is 7.05 Å². The van der Waals surface area contributed by atoms with Crippen LogP contribution in [0.2, 0.25) is 0 Å². The lowest BCUT2D eigenvalue weighted by Gasteiger charge is -1.77. The van der Waals surface area contributed by atoms with Crippen molar-refractivity contribution in [1.29, 1.82) is 0 Å². The quantitative estimate of drug-likeness (QED) is 0.369. The monoisotopic (exact) mass is 94.0 g/mol. The average Bonchev–Trinajstić information content (AvgIpc) is 1.35. The summed E-state index contributed by atoms with van der Waals surface area (Å²) in [6.07, 6.45) is -1.95. The van der Waals surface area contributed by atoms with Crippen LogP contribution in [0.3, 0.4) is 0 Å². The van der Waals surface area contributed by atoms with E-state index in [0.29, 0.717) is 0 Å². The van der Waals surface area contributed by atoms with Crippen LogP contribution < -0.4 is 5.43 Å². The minimum absolute atomic E-state index is 1.30. The first kappa shape index (κ1) is 5.33. The van der Waals surface area contributed by atoms with E-state index in [1.54, 1.807) is 0 Å². The van der Waals surface area contributed by atoms with Crippen LogP contribution in [-0.4, -0.2) is 13.3 Å². The van der Waals surface area contributed by atoms with Crippen LogP contribution in [-0.2, 0) is 0 Å². The summed E-state index contributed by atoms with van der Waals surface area (Å²) in [5, 5.41) is 2.46. The Bertz CT molecular complexity index is 56.6. The number of halogens is 2. The van der Waals surface area contributed by atoms with Crippen LogP contribution in [0.5, 0.6) is 0 Å². The van der Waals surface area contributed by atoms with Gasteiger partial charge in [0.1, 0.15) is 0 Å². The van der Waals surface area contributed by atoms with E-state index in [2.05, 4.69) is 5.10 Å². The standard InChI is InChI=1S/C2H4F2N2/c1-5-6-2(3)4/h5H,1H3. The summed E-state index contributed by atoms with van der Waals surface area (Å²) in [4.78, 5) is 0. The van der Waals surface area contributed by atoms with Gasteiger partial charge < -0.3 is 5.43 Å². The van der Waals surface area contributed by atoms with Gasteiger partial charge in [0.25, 0.3) is 0 Å². The molecule has 0 aromatic carbocycles. The molecule has 0 saturated carbocycles. The first-order valence-corrected chi connectivity index (χ1v) is 1.33. The van der Waals surface area contributed by atoms with E-state index in [9.17, 15) is 8.78 Å². The van der Waals surface area contributed by atoms with Crippen LogP contribution in [0.25, 0.3) is 0 Å². The van der Waals surface area contributed by atoms with E-state index in [0.717, 1.165) is 0 Å². The van der Waals surface area contributed by atoms with Gasteiger partial charge in [-0.25, -0.2) is 0 Å². The van der Waals surface area contributed by atoms with E-state index in [1.165, 1.54) is 7.05 Å². The Labute approximate surface area is 33.9 Å². The van der Waals surface area contributed by atoms with E-state index in [-0.39, 0.29) is 0 Å². The van der Waals surface area contributed by atoms with E-state index in [1.807, 2.05) is 5.43 Å². The van der Waals surface area contributed by atoms with Crippen LogP contribution in [0, 0.1) is 0 Å². The zero-order valence-corrected chi connectivity index (χ0v) is 3.20. The summed E-state index contributed by atoms with van der Waals surface area (Å²) >= 11 is 0. The van der Waals surface area contributed by atoms with Crippen LogP contribution in [0.1, 0.15) is 0 Å². The third-order valence-electron chi connectivity index (χ3n) is 0.196. The molecule has 0 rings (SSSR count). The molecule has 0 heterocycles. The number of hydrogen-bond acceptors (Lipinski definition) is 2. The van der Waals surface area contributed by atoms with Gasteiger partial charge in [0.05, 0.1) is 0 Å². The molecule has 0 aromatic heterocycles.